The topological polar surface area (TPSA) is 0 Å². The van der Waals surface area contributed by atoms with E-state index < -0.39 is 12.9 Å². The molecule has 0 amide bonds. The number of hydrogen-bond donors (Lipinski definition) is 0. The molecule has 1 aliphatic rings. The Hall–Kier alpha value is 0.529. The van der Waals surface area contributed by atoms with Crippen LogP contribution in [0.2, 0.25) is 0 Å². The van der Waals surface area contributed by atoms with Gasteiger partial charge in [0.2, 0.25) is 0 Å². The predicted molar refractivity (Wildman–Crippen MR) is 134 cm³/mol. The molecule has 0 nitrogen and oxygen atoms in total. The fourth-order valence-electron chi connectivity index (χ4n) is 3.53. The van der Waals surface area contributed by atoms with E-state index in [1.165, 1.54) is 28.8 Å². The molecule has 1 saturated carbocycles. The van der Waals surface area contributed by atoms with Gasteiger partial charge in [0.1, 0.15) is 23.2 Å². The van der Waals surface area contributed by atoms with Crippen molar-refractivity contribution in [2.45, 2.75) is 18.5 Å². The van der Waals surface area contributed by atoms with E-state index in [2.05, 4.69) is 147 Å². The average molecular weight is 679 g/mol. The molecule has 3 aromatic carbocycles. The van der Waals surface area contributed by atoms with Gasteiger partial charge in [0.05, 0.1) is 5.66 Å². The standard InChI is InChI=1S/C21H20P.4BrH.Fe/c1-4-10-18(11-5-1)22(21-16-17-21,19-12-6-2-7-13-19)20-14-8-3-9-15-20;;;;;/h1-15,21H,16-17H2;4*1H;/q+1;;;;;+3/p-4. The Labute approximate surface area is 192 Å². The zero-order valence-corrected chi connectivity index (χ0v) is 22.8. The fraction of sp³-hybridized carbons (Fsp3) is 0.143. The molecule has 1 aliphatic carbocycles. The minimum Gasteiger partial charge on any atom is -0.0620 e. The van der Waals surface area contributed by atoms with Crippen molar-refractivity contribution in [2.24, 2.45) is 0 Å². The van der Waals surface area contributed by atoms with Crippen molar-refractivity contribution in [3.63, 3.8) is 0 Å². The smallest absolute Gasteiger partial charge is 0.0620 e. The third-order valence-electron chi connectivity index (χ3n) is 4.58. The van der Waals surface area contributed by atoms with Gasteiger partial charge in [-0.15, -0.1) is 0 Å². The van der Waals surface area contributed by atoms with Crippen molar-refractivity contribution in [2.75, 3.05) is 0 Å². The molecule has 0 atom stereocenters. The van der Waals surface area contributed by atoms with Crippen LogP contribution in [0.4, 0.5) is 0 Å². The van der Waals surface area contributed by atoms with Gasteiger partial charge in [0.15, 0.2) is 0 Å². The maximum Gasteiger partial charge on any atom is 0.115 e. The minimum atomic E-state index is -1.51. The molecule has 0 aromatic heterocycles. The Morgan fingerprint density at radius 1 is 0.556 bits per heavy atom. The van der Waals surface area contributed by atoms with Crippen LogP contribution >= 0.6 is 63.7 Å². The van der Waals surface area contributed by atoms with Crippen molar-refractivity contribution >= 4 is 79.6 Å². The third-order valence-corrected chi connectivity index (χ3v) is 9.53. The van der Waals surface area contributed by atoms with Gasteiger partial charge in [-0.05, 0) is 49.2 Å². The summed E-state index contributed by atoms with van der Waals surface area (Å²) in [6, 6.07) is 33.6. The molecule has 0 spiro atoms. The molecule has 0 saturated heterocycles. The van der Waals surface area contributed by atoms with E-state index >= 15 is 0 Å². The summed E-state index contributed by atoms with van der Waals surface area (Å²) >= 11 is 13.0. The van der Waals surface area contributed by atoms with Gasteiger partial charge in [-0.3, -0.25) is 0 Å². The quantitative estimate of drug-likeness (QED) is 0.198. The molecule has 0 aliphatic heterocycles. The molecule has 27 heavy (non-hydrogen) atoms. The molecule has 0 heterocycles. The second-order valence-corrected chi connectivity index (χ2v) is 43.4. The fourth-order valence-corrected chi connectivity index (χ4v) is 8.54. The van der Waals surface area contributed by atoms with Crippen molar-refractivity contribution in [3.05, 3.63) is 91.0 Å². The maximum absolute atomic E-state index is 3.25. The molecular weight excluding hydrogens is 659 g/mol. The summed E-state index contributed by atoms with van der Waals surface area (Å²) in [7, 11) is -1.51. The summed E-state index contributed by atoms with van der Waals surface area (Å²) < 4.78 is 0. The second-order valence-electron chi connectivity index (χ2n) is 6.26. The number of benzene rings is 3. The number of rotatable bonds is 4. The predicted octanol–water partition coefficient (Wildman–Crippen LogP) is 7.52. The minimum absolute atomic E-state index is 0.805. The number of hydrogen-bond acceptors (Lipinski definition) is 0. The second kappa shape index (κ2) is 10.0. The molecule has 0 bridgehead atoms. The SMILES string of the molecule is [Br][Fe-]([Br])([Br])[Br].c1ccc([P+](c2ccccc2)(c2ccccc2)C2CC2)cc1. The molecular formula is C21H20Br4FeP. The van der Waals surface area contributed by atoms with Gasteiger partial charge >= 0.3 is 62.1 Å². The molecule has 0 N–H and O–H groups in total. The zero-order chi connectivity index (χ0) is 19.3. The summed E-state index contributed by atoms with van der Waals surface area (Å²) in [5, 5.41) is 4.57. The van der Waals surface area contributed by atoms with Crippen LogP contribution in [0.5, 0.6) is 0 Å². The summed E-state index contributed by atoms with van der Waals surface area (Å²) in [5.74, 6) is 0. The van der Waals surface area contributed by atoms with Crippen LogP contribution in [0, 0.1) is 0 Å². The van der Waals surface area contributed by atoms with Gasteiger partial charge in [-0.2, -0.15) is 0 Å². The zero-order valence-electron chi connectivity index (χ0n) is 14.5. The molecule has 1 fully saturated rings. The number of halogens is 4. The Kier molecular flexibility index (Phi) is 8.25. The largest absolute Gasteiger partial charge is 0.115 e. The Morgan fingerprint density at radius 2 is 0.815 bits per heavy atom. The Balaban J connectivity index is 0.000000376. The molecule has 0 radical (unpaired) electrons. The van der Waals surface area contributed by atoms with Crippen LogP contribution in [0.15, 0.2) is 91.0 Å². The van der Waals surface area contributed by atoms with E-state index in [1.54, 1.807) is 0 Å². The first kappa shape index (κ1) is 22.2. The summed E-state index contributed by atoms with van der Waals surface area (Å²) in [5.41, 5.74) is -0.445. The van der Waals surface area contributed by atoms with Crippen molar-refractivity contribution in [1.29, 1.82) is 0 Å². The Morgan fingerprint density at radius 3 is 1.04 bits per heavy atom. The van der Waals surface area contributed by atoms with Crippen LogP contribution in [0.25, 0.3) is 0 Å². The van der Waals surface area contributed by atoms with Gasteiger partial charge in [-0.25, -0.2) is 0 Å². The van der Waals surface area contributed by atoms with E-state index in [0.717, 1.165) is 5.66 Å². The average Bonchev–Trinajstić information content (AvgIpc) is 3.49. The normalized spacial score (nSPS) is 14.8. The van der Waals surface area contributed by atoms with Crippen LogP contribution in [0.3, 0.4) is 0 Å². The summed E-state index contributed by atoms with van der Waals surface area (Å²) in [4.78, 5) is 0. The first-order valence-corrected chi connectivity index (χ1v) is 21.3. The van der Waals surface area contributed by atoms with Crippen molar-refractivity contribution < 1.29 is 5.61 Å². The molecule has 145 valence electrons. The van der Waals surface area contributed by atoms with E-state index in [4.69, 9.17) is 0 Å². The summed E-state index contributed by atoms with van der Waals surface area (Å²) in [6.45, 7) is 0. The van der Waals surface area contributed by atoms with Gasteiger partial charge < -0.3 is 0 Å². The van der Waals surface area contributed by atoms with Gasteiger partial charge in [-0.1, -0.05) is 54.6 Å². The maximum atomic E-state index is 3.25. The van der Waals surface area contributed by atoms with Crippen molar-refractivity contribution in [3.8, 4) is 0 Å². The van der Waals surface area contributed by atoms with Crippen molar-refractivity contribution in [1.82, 2.24) is 0 Å². The first-order valence-electron chi connectivity index (χ1n) is 8.51. The molecule has 0 unspecified atom stereocenters. The van der Waals surface area contributed by atoms with Gasteiger partial charge in [0, 0.05) is 0 Å². The van der Waals surface area contributed by atoms with Crippen LogP contribution in [-0.2, 0) is 5.61 Å². The van der Waals surface area contributed by atoms with Crippen LogP contribution < -0.4 is 15.9 Å². The Bertz CT molecular complexity index is 732. The first-order chi connectivity index (χ1) is 12.9. The van der Waals surface area contributed by atoms with E-state index in [0.29, 0.717) is 0 Å². The van der Waals surface area contributed by atoms with E-state index in [-0.39, 0.29) is 0 Å². The molecule has 3 aromatic rings. The third kappa shape index (κ3) is 6.01. The van der Waals surface area contributed by atoms with Crippen LogP contribution in [0.1, 0.15) is 12.8 Å². The monoisotopic (exact) mass is 675 g/mol. The van der Waals surface area contributed by atoms with E-state index in [1.807, 2.05) is 0 Å². The molecule has 4 rings (SSSR count). The van der Waals surface area contributed by atoms with Gasteiger partial charge in [0.25, 0.3) is 0 Å². The summed E-state index contributed by atoms with van der Waals surface area (Å²) in [6.07, 6.45) is 2.71. The van der Waals surface area contributed by atoms with Crippen LogP contribution in [-0.4, -0.2) is 5.66 Å². The molecule has 6 heteroatoms. The van der Waals surface area contributed by atoms with E-state index in [9.17, 15) is 0 Å².